The molecule has 4 aromatic rings. The number of benzene rings is 3. The van der Waals surface area contributed by atoms with Crippen LogP contribution in [0, 0.1) is 0 Å². The topological polar surface area (TPSA) is 118 Å². The summed E-state index contributed by atoms with van der Waals surface area (Å²) in [6, 6.07) is 19.5. The zero-order chi connectivity index (χ0) is 32.8. The quantitative estimate of drug-likeness (QED) is 0.143. The molecule has 4 N–H and O–H groups in total. The van der Waals surface area contributed by atoms with Gasteiger partial charge in [0.2, 0.25) is 5.95 Å². The predicted molar refractivity (Wildman–Crippen MR) is 188 cm³/mol. The van der Waals surface area contributed by atoms with Crippen LogP contribution < -0.4 is 25.6 Å². The first-order chi connectivity index (χ1) is 22.9. The first-order valence-electron chi connectivity index (χ1n) is 15.9. The Hall–Kier alpha value is -4.58. The molecule has 11 nitrogen and oxygen atoms in total. The number of phenols is 1. The summed E-state index contributed by atoms with van der Waals surface area (Å²) in [4.78, 5) is 27.5. The van der Waals surface area contributed by atoms with Crippen molar-refractivity contribution in [3.8, 4) is 11.5 Å². The largest absolute Gasteiger partial charge is 0.507 e. The summed E-state index contributed by atoms with van der Waals surface area (Å²) in [5.74, 6) is 1.54. The van der Waals surface area contributed by atoms with Gasteiger partial charge in [-0.1, -0.05) is 17.7 Å². The van der Waals surface area contributed by atoms with Crippen molar-refractivity contribution in [1.82, 2.24) is 19.8 Å². The Labute approximate surface area is 280 Å². The molecule has 12 heteroatoms. The summed E-state index contributed by atoms with van der Waals surface area (Å²) in [7, 11) is 3.88. The SMILES string of the molecule is COc1cc(N2CCC(N3CCN(C)CC3)CC2)ccc1Nc1ncc(Cl)c(Nc2ccc(NCc3ccc(C=O)c(O)c3)cc2)n1. The molecule has 47 heavy (non-hydrogen) atoms. The Morgan fingerprint density at radius 1 is 0.957 bits per heavy atom. The van der Waals surface area contributed by atoms with E-state index >= 15 is 0 Å². The number of nitrogens with one attached hydrogen (secondary N) is 3. The van der Waals surface area contributed by atoms with Gasteiger partial charge in [-0.15, -0.1) is 0 Å². The lowest BCUT2D eigenvalue weighted by molar-refractivity contribution is 0.0982. The van der Waals surface area contributed by atoms with Crippen LogP contribution in [0.1, 0.15) is 28.8 Å². The number of carbonyl (C=O) groups excluding carboxylic acids is 1. The molecule has 2 aliphatic heterocycles. The number of methoxy groups -OCH3 is 1. The zero-order valence-corrected chi connectivity index (χ0v) is 27.5. The zero-order valence-electron chi connectivity index (χ0n) is 26.7. The summed E-state index contributed by atoms with van der Waals surface area (Å²) in [6.07, 6.45) is 4.53. The van der Waals surface area contributed by atoms with E-state index in [0.717, 1.165) is 73.3 Å². The van der Waals surface area contributed by atoms with Gasteiger partial charge in [0.05, 0.1) is 24.6 Å². The third-order valence-electron chi connectivity index (χ3n) is 8.93. The van der Waals surface area contributed by atoms with Crippen LogP contribution in [0.2, 0.25) is 5.02 Å². The number of hydrogen-bond donors (Lipinski definition) is 4. The molecule has 246 valence electrons. The number of aldehydes is 1. The number of carbonyl (C=O) groups is 1. The first-order valence-corrected chi connectivity index (χ1v) is 16.3. The molecular weight excluding hydrogens is 616 g/mol. The molecule has 0 radical (unpaired) electrons. The van der Waals surface area contributed by atoms with Crippen LogP contribution >= 0.6 is 11.6 Å². The summed E-state index contributed by atoms with van der Waals surface area (Å²) in [6.45, 7) is 7.19. The number of halogens is 1. The Kier molecular flexibility index (Phi) is 10.3. The molecule has 0 spiro atoms. The van der Waals surface area contributed by atoms with Crippen LogP contribution in [0.15, 0.2) is 66.9 Å². The van der Waals surface area contributed by atoms with Gasteiger partial charge in [-0.2, -0.15) is 4.98 Å². The summed E-state index contributed by atoms with van der Waals surface area (Å²) in [5, 5.41) is 20.2. The minimum atomic E-state index is -0.0304. The standard InChI is InChI=1S/C35H41ClN8O3/c1-42-15-17-44(18-16-42)28-11-13-43(14-12-28)29-9-10-31(33(20-29)47-2)40-35-38-22-30(36)34(41-35)39-27-7-5-26(6-8-27)37-21-24-3-4-25(23-45)32(46)19-24/h3-10,19-20,22-23,28,37,46H,11-18,21H2,1-2H3,(H2,38,39,40,41). The van der Waals surface area contributed by atoms with E-state index in [2.05, 4.69) is 59.8 Å². The second-order valence-corrected chi connectivity index (χ2v) is 12.4. The van der Waals surface area contributed by atoms with E-state index in [4.69, 9.17) is 16.3 Å². The molecule has 0 unspecified atom stereocenters. The number of anilines is 6. The van der Waals surface area contributed by atoms with Crippen molar-refractivity contribution in [1.29, 1.82) is 0 Å². The summed E-state index contributed by atoms with van der Waals surface area (Å²) in [5.41, 5.74) is 4.73. The second-order valence-electron chi connectivity index (χ2n) is 12.0. The average Bonchev–Trinajstić information content (AvgIpc) is 3.10. The van der Waals surface area contributed by atoms with Gasteiger partial charge in [-0.3, -0.25) is 9.69 Å². The number of phenolic OH excluding ortho intramolecular Hbond substituents is 1. The molecule has 0 saturated carbocycles. The van der Waals surface area contributed by atoms with Gasteiger partial charge in [0, 0.05) is 75.0 Å². The Balaban J connectivity index is 1.05. The smallest absolute Gasteiger partial charge is 0.229 e. The predicted octanol–water partition coefficient (Wildman–Crippen LogP) is 5.97. The normalized spacial score (nSPS) is 16.1. The fourth-order valence-corrected chi connectivity index (χ4v) is 6.24. The van der Waals surface area contributed by atoms with Gasteiger partial charge in [-0.05, 0) is 74.0 Å². The van der Waals surface area contributed by atoms with Crippen molar-refractivity contribution in [2.24, 2.45) is 0 Å². The summed E-state index contributed by atoms with van der Waals surface area (Å²) < 4.78 is 5.77. The number of hydrogen-bond acceptors (Lipinski definition) is 11. The van der Waals surface area contributed by atoms with Crippen LogP contribution in [0.25, 0.3) is 0 Å². The maximum absolute atomic E-state index is 10.9. The second kappa shape index (κ2) is 14.9. The highest BCUT2D eigenvalue weighted by Crippen LogP contribution is 2.34. The molecule has 6 rings (SSSR count). The van der Waals surface area contributed by atoms with Crippen LogP contribution in [0.3, 0.4) is 0 Å². The van der Waals surface area contributed by atoms with Gasteiger partial charge in [0.25, 0.3) is 0 Å². The number of ether oxygens (including phenoxy) is 1. The molecule has 0 amide bonds. The number of aromatic nitrogens is 2. The van der Waals surface area contributed by atoms with Crippen molar-refractivity contribution in [2.75, 3.05) is 74.3 Å². The average molecular weight is 657 g/mol. The maximum atomic E-state index is 10.9. The van der Waals surface area contributed by atoms with E-state index in [9.17, 15) is 9.90 Å². The Morgan fingerprint density at radius 3 is 2.40 bits per heavy atom. The molecule has 2 aliphatic rings. The van der Waals surface area contributed by atoms with Crippen molar-refractivity contribution < 1.29 is 14.6 Å². The van der Waals surface area contributed by atoms with Gasteiger partial charge in [0.1, 0.15) is 16.5 Å². The molecule has 0 atom stereocenters. The Morgan fingerprint density at radius 2 is 1.70 bits per heavy atom. The van der Waals surface area contributed by atoms with E-state index in [0.29, 0.717) is 35.7 Å². The molecular formula is C35H41ClN8O3. The van der Waals surface area contributed by atoms with Gasteiger partial charge >= 0.3 is 0 Å². The van der Waals surface area contributed by atoms with Gasteiger partial charge in [-0.25, -0.2) is 4.98 Å². The lowest BCUT2D eigenvalue weighted by atomic mass is 10.0. The lowest BCUT2D eigenvalue weighted by Gasteiger charge is -2.42. The number of piperazine rings is 1. The fourth-order valence-electron chi connectivity index (χ4n) is 6.10. The molecule has 0 aliphatic carbocycles. The van der Waals surface area contributed by atoms with Crippen molar-refractivity contribution in [3.05, 3.63) is 83.0 Å². The van der Waals surface area contributed by atoms with E-state index < -0.39 is 0 Å². The van der Waals surface area contributed by atoms with Gasteiger partial charge < -0.3 is 35.6 Å². The van der Waals surface area contributed by atoms with Crippen LogP contribution in [-0.4, -0.2) is 90.6 Å². The van der Waals surface area contributed by atoms with E-state index in [1.165, 1.54) is 12.8 Å². The number of rotatable bonds is 11. The number of piperidine rings is 1. The van der Waals surface area contributed by atoms with E-state index in [-0.39, 0.29) is 11.3 Å². The molecule has 0 bridgehead atoms. The minimum Gasteiger partial charge on any atom is -0.507 e. The number of aromatic hydroxyl groups is 1. The Bertz CT molecular complexity index is 1670. The van der Waals surface area contributed by atoms with Crippen molar-refractivity contribution >= 4 is 52.4 Å². The van der Waals surface area contributed by atoms with Crippen molar-refractivity contribution in [2.45, 2.75) is 25.4 Å². The van der Waals surface area contributed by atoms with Crippen LogP contribution in [0.5, 0.6) is 11.5 Å². The molecule has 3 heterocycles. The molecule has 3 aromatic carbocycles. The maximum Gasteiger partial charge on any atom is 0.229 e. The van der Waals surface area contributed by atoms with Crippen LogP contribution in [0.4, 0.5) is 34.5 Å². The van der Waals surface area contributed by atoms with Crippen molar-refractivity contribution in [3.63, 3.8) is 0 Å². The number of nitrogens with zero attached hydrogens (tertiary/aromatic N) is 5. The monoisotopic (exact) mass is 656 g/mol. The number of likely N-dealkylation sites (N-methyl/N-ethyl adjacent to an activating group) is 1. The lowest BCUT2D eigenvalue weighted by Crippen LogP contribution is -2.52. The fraction of sp³-hybridized carbons (Fsp3) is 0.343. The molecule has 2 fully saturated rings. The van der Waals surface area contributed by atoms with E-state index in [1.807, 2.05) is 30.3 Å². The third kappa shape index (κ3) is 8.05. The summed E-state index contributed by atoms with van der Waals surface area (Å²) >= 11 is 6.46. The van der Waals surface area contributed by atoms with Gasteiger partial charge in [0.15, 0.2) is 12.1 Å². The third-order valence-corrected chi connectivity index (χ3v) is 9.20. The molecule has 2 saturated heterocycles. The van der Waals surface area contributed by atoms with E-state index in [1.54, 1.807) is 31.5 Å². The highest BCUT2D eigenvalue weighted by molar-refractivity contribution is 6.32. The highest BCUT2D eigenvalue weighted by atomic mass is 35.5. The minimum absolute atomic E-state index is 0.0304. The highest BCUT2D eigenvalue weighted by Gasteiger charge is 2.27. The molecule has 1 aromatic heterocycles. The first kappa shape index (κ1) is 32.4. The van der Waals surface area contributed by atoms with Crippen LogP contribution in [-0.2, 0) is 6.54 Å².